The second kappa shape index (κ2) is 10.8. The zero-order valence-electron chi connectivity index (χ0n) is 21.7. The lowest BCUT2D eigenvalue weighted by Gasteiger charge is -2.10. The van der Waals surface area contributed by atoms with E-state index < -0.39 is 0 Å². The average Bonchev–Trinajstić information content (AvgIpc) is 3.71. The van der Waals surface area contributed by atoms with Gasteiger partial charge in [0.1, 0.15) is 11.8 Å². The first-order valence-electron chi connectivity index (χ1n) is 13.1. The van der Waals surface area contributed by atoms with Crippen LogP contribution in [-0.2, 0) is 19.5 Å². The van der Waals surface area contributed by atoms with Gasteiger partial charge in [-0.25, -0.2) is 14.5 Å². The van der Waals surface area contributed by atoms with Gasteiger partial charge in [0.25, 0.3) is 5.91 Å². The van der Waals surface area contributed by atoms with E-state index in [1.165, 1.54) is 11.9 Å². The quantitative estimate of drug-likeness (QED) is 0.259. The number of nitrogens with one attached hydrogen (secondary N) is 2. The molecule has 196 valence electrons. The van der Waals surface area contributed by atoms with Gasteiger partial charge in [-0.1, -0.05) is 37.3 Å². The maximum Gasteiger partial charge on any atom is 0.253 e. The Kier molecular flexibility index (Phi) is 6.73. The Balaban J connectivity index is 1.21. The van der Waals surface area contributed by atoms with E-state index in [-0.39, 0.29) is 5.91 Å². The normalized spacial score (nSPS) is 11.3. The van der Waals surface area contributed by atoms with Gasteiger partial charge in [-0.05, 0) is 42.2 Å². The van der Waals surface area contributed by atoms with Gasteiger partial charge < -0.3 is 15.2 Å². The first-order chi connectivity index (χ1) is 19.2. The van der Waals surface area contributed by atoms with Crippen LogP contribution in [0.15, 0.2) is 86.0 Å². The number of imidazole rings is 1. The lowest BCUT2D eigenvalue weighted by molar-refractivity contribution is 0.0952. The third kappa shape index (κ3) is 5.08. The molecular formula is C29H29N9O. The van der Waals surface area contributed by atoms with Crippen molar-refractivity contribution in [1.29, 1.82) is 0 Å². The zero-order valence-corrected chi connectivity index (χ0v) is 21.7. The van der Waals surface area contributed by atoms with Crippen molar-refractivity contribution in [3.8, 4) is 0 Å². The molecule has 2 aromatic carbocycles. The first-order valence-corrected chi connectivity index (χ1v) is 13.1. The number of hydrogen-bond acceptors (Lipinski definition) is 6. The molecule has 6 rings (SSSR count). The minimum absolute atomic E-state index is 0.110. The summed E-state index contributed by atoms with van der Waals surface area (Å²) in [4.78, 5) is 21.7. The number of aromatic nitrogens is 7. The van der Waals surface area contributed by atoms with Crippen LogP contribution in [0.3, 0.4) is 0 Å². The Labute approximate surface area is 225 Å². The Morgan fingerprint density at radius 2 is 1.97 bits per heavy atom. The highest BCUT2D eigenvalue weighted by molar-refractivity contribution is 5.99. The maximum absolute atomic E-state index is 13.1. The van der Waals surface area contributed by atoms with Crippen molar-refractivity contribution in [3.05, 3.63) is 103 Å². The molecule has 0 fully saturated rings. The Morgan fingerprint density at radius 3 is 2.79 bits per heavy atom. The molecule has 0 unspecified atom stereocenters. The van der Waals surface area contributed by atoms with Crippen LogP contribution in [0.2, 0.25) is 0 Å². The van der Waals surface area contributed by atoms with Gasteiger partial charge in [-0.3, -0.25) is 9.48 Å². The van der Waals surface area contributed by atoms with Gasteiger partial charge in [0.15, 0.2) is 5.82 Å². The SMILES string of the molecule is CCc1c(C(=O)NCCCn2ccnc2)cn2ncnc(Nc3ccc4c(cnn4Cc4ccccc4)c3)c12. The minimum Gasteiger partial charge on any atom is -0.352 e. The van der Waals surface area contributed by atoms with Crippen molar-refractivity contribution >= 4 is 33.8 Å². The smallest absolute Gasteiger partial charge is 0.253 e. The predicted molar refractivity (Wildman–Crippen MR) is 150 cm³/mol. The van der Waals surface area contributed by atoms with Crippen LogP contribution in [0.4, 0.5) is 11.5 Å². The molecule has 1 amide bonds. The number of anilines is 2. The number of nitrogens with zero attached hydrogens (tertiary/aromatic N) is 7. The minimum atomic E-state index is -0.110. The van der Waals surface area contributed by atoms with E-state index in [0.717, 1.165) is 40.6 Å². The summed E-state index contributed by atoms with van der Waals surface area (Å²) >= 11 is 0. The van der Waals surface area contributed by atoms with Crippen LogP contribution in [0.1, 0.15) is 34.8 Å². The molecule has 0 aliphatic rings. The van der Waals surface area contributed by atoms with Gasteiger partial charge in [0.2, 0.25) is 0 Å². The molecule has 39 heavy (non-hydrogen) atoms. The predicted octanol–water partition coefficient (Wildman–Crippen LogP) is 4.45. The molecule has 4 aromatic heterocycles. The van der Waals surface area contributed by atoms with Crippen LogP contribution < -0.4 is 10.6 Å². The number of aryl methyl sites for hydroxylation is 2. The number of carbonyl (C=O) groups excluding carboxylic acids is 1. The van der Waals surface area contributed by atoms with E-state index in [9.17, 15) is 4.79 Å². The van der Waals surface area contributed by atoms with Crippen LogP contribution in [0.25, 0.3) is 16.4 Å². The number of fused-ring (bicyclic) bond motifs is 2. The highest BCUT2D eigenvalue weighted by Crippen LogP contribution is 2.28. The molecule has 0 bridgehead atoms. The van der Waals surface area contributed by atoms with Gasteiger partial charge >= 0.3 is 0 Å². The fourth-order valence-corrected chi connectivity index (χ4v) is 4.88. The highest BCUT2D eigenvalue weighted by Gasteiger charge is 2.20. The van der Waals surface area contributed by atoms with Crippen LogP contribution in [0.5, 0.6) is 0 Å². The summed E-state index contributed by atoms with van der Waals surface area (Å²) in [6.07, 6.45) is 12.1. The van der Waals surface area contributed by atoms with Gasteiger partial charge in [0.05, 0.1) is 30.1 Å². The zero-order chi connectivity index (χ0) is 26.6. The third-order valence-electron chi connectivity index (χ3n) is 6.79. The molecular weight excluding hydrogens is 490 g/mol. The van der Waals surface area contributed by atoms with Gasteiger partial charge in [0, 0.05) is 42.8 Å². The number of hydrogen-bond donors (Lipinski definition) is 2. The Hall–Kier alpha value is -4.99. The van der Waals surface area contributed by atoms with E-state index in [1.807, 2.05) is 52.8 Å². The Bertz CT molecular complexity index is 1720. The van der Waals surface area contributed by atoms with E-state index in [4.69, 9.17) is 0 Å². The summed E-state index contributed by atoms with van der Waals surface area (Å²) in [5.41, 5.74) is 5.45. The molecule has 0 aliphatic heterocycles. The first kappa shape index (κ1) is 24.4. The van der Waals surface area contributed by atoms with Crippen molar-refractivity contribution in [3.63, 3.8) is 0 Å². The van der Waals surface area contributed by atoms with E-state index in [1.54, 1.807) is 23.2 Å². The van der Waals surface area contributed by atoms with Gasteiger partial charge in [-0.2, -0.15) is 10.2 Å². The van der Waals surface area contributed by atoms with Crippen LogP contribution in [0, 0.1) is 0 Å². The summed E-state index contributed by atoms with van der Waals surface area (Å²) in [6.45, 7) is 4.12. The second-order valence-electron chi connectivity index (χ2n) is 9.37. The number of amides is 1. The fraction of sp³-hybridized carbons (Fsp3) is 0.207. The molecule has 0 aliphatic carbocycles. The van der Waals surface area contributed by atoms with E-state index in [2.05, 4.69) is 55.1 Å². The number of rotatable bonds is 10. The molecule has 2 N–H and O–H groups in total. The van der Waals surface area contributed by atoms with Crippen molar-refractivity contribution in [2.45, 2.75) is 32.9 Å². The lowest BCUT2D eigenvalue weighted by Crippen LogP contribution is -2.25. The summed E-state index contributed by atoms with van der Waals surface area (Å²) in [5, 5.41) is 16.5. The van der Waals surface area contributed by atoms with Crippen LogP contribution >= 0.6 is 0 Å². The largest absolute Gasteiger partial charge is 0.352 e. The highest BCUT2D eigenvalue weighted by atomic mass is 16.1. The number of benzene rings is 2. The van der Waals surface area contributed by atoms with Crippen molar-refractivity contribution in [1.82, 2.24) is 39.2 Å². The molecule has 0 atom stereocenters. The third-order valence-corrected chi connectivity index (χ3v) is 6.79. The van der Waals surface area contributed by atoms with Gasteiger partial charge in [-0.15, -0.1) is 0 Å². The molecule has 0 radical (unpaired) electrons. The van der Waals surface area contributed by atoms with Crippen molar-refractivity contribution in [2.24, 2.45) is 0 Å². The molecule has 10 nitrogen and oxygen atoms in total. The number of carbonyl (C=O) groups is 1. The van der Waals surface area contributed by atoms with E-state index >= 15 is 0 Å². The summed E-state index contributed by atoms with van der Waals surface area (Å²) in [6, 6.07) is 16.4. The molecule has 6 aromatic rings. The maximum atomic E-state index is 13.1. The monoisotopic (exact) mass is 519 g/mol. The lowest BCUT2D eigenvalue weighted by atomic mass is 10.1. The molecule has 0 saturated heterocycles. The summed E-state index contributed by atoms with van der Waals surface area (Å²) < 4.78 is 5.72. The Morgan fingerprint density at radius 1 is 1.08 bits per heavy atom. The summed E-state index contributed by atoms with van der Waals surface area (Å²) in [7, 11) is 0. The fourth-order valence-electron chi connectivity index (χ4n) is 4.88. The topological polar surface area (TPSA) is 107 Å². The molecule has 0 saturated carbocycles. The standard InChI is InChI=1S/C29H29N9O/c1-2-24-25(29(39)31-11-6-13-36-14-12-30-20-36)18-38-27(24)28(32-19-34-38)35-23-9-10-26-22(15-23)16-33-37(26)17-21-7-4-3-5-8-21/h3-5,7-10,12,14-16,18-20H,2,6,11,13,17H2,1H3,(H,31,39)(H,32,34,35). The molecule has 0 spiro atoms. The van der Waals surface area contributed by atoms with Crippen molar-refractivity contribution < 1.29 is 4.79 Å². The summed E-state index contributed by atoms with van der Waals surface area (Å²) in [5.74, 6) is 0.540. The molecule has 4 heterocycles. The van der Waals surface area contributed by atoms with Crippen molar-refractivity contribution in [2.75, 3.05) is 11.9 Å². The van der Waals surface area contributed by atoms with E-state index in [0.29, 0.717) is 30.9 Å². The van der Waals surface area contributed by atoms with Crippen LogP contribution in [-0.4, -0.2) is 46.4 Å². The second-order valence-corrected chi connectivity index (χ2v) is 9.37. The average molecular weight is 520 g/mol. The molecule has 10 heteroatoms.